The van der Waals surface area contributed by atoms with Crippen molar-refractivity contribution in [1.29, 1.82) is 0 Å². The van der Waals surface area contributed by atoms with Crippen molar-refractivity contribution >= 4 is 28.5 Å². The number of nitrogens with one attached hydrogen (secondary N) is 3. The molecule has 2 aromatic heterocycles. The zero-order valence-electron chi connectivity index (χ0n) is 14.1. The third kappa shape index (κ3) is 2.97. The van der Waals surface area contributed by atoms with E-state index in [4.69, 9.17) is 4.74 Å². The number of rotatable bonds is 4. The minimum Gasteiger partial charge on any atom is -0.493 e. The lowest BCUT2D eigenvalue weighted by Gasteiger charge is -2.07. The van der Waals surface area contributed by atoms with Crippen LogP contribution in [0, 0.1) is 0 Å². The monoisotopic (exact) mass is 351 g/mol. The summed E-state index contributed by atoms with van der Waals surface area (Å²) >= 11 is 0. The molecule has 4 rings (SSSR count). The highest BCUT2D eigenvalue weighted by atomic mass is 16.5. The van der Waals surface area contributed by atoms with Crippen LogP contribution in [-0.2, 0) is 17.8 Å². The Morgan fingerprint density at radius 1 is 1.31 bits per heavy atom. The number of benzene rings is 1. The number of H-pyrrole nitrogens is 1. The number of hydrogen-bond donors (Lipinski definition) is 3. The average molecular weight is 351 g/mol. The van der Waals surface area contributed by atoms with Crippen molar-refractivity contribution in [1.82, 2.24) is 20.3 Å². The number of hydrogen-bond acceptors (Lipinski definition) is 5. The molecule has 1 aliphatic rings. The summed E-state index contributed by atoms with van der Waals surface area (Å²) in [7, 11) is 0. The van der Waals surface area contributed by atoms with E-state index in [1.807, 2.05) is 18.2 Å². The number of nitrogens with zero attached hydrogens (tertiary/aromatic N) is 2. The van der Waals surface area contributed by atoms with Gasteiger partial charge < -0.3 is 20.4 Å². The molecule has 3 N–H and O–H groups in total. The number of carbonyl (C=O) groups is 2. The summed E-state index contributed by atoms with van der Waals surface area (Å²) in [6.07, 6.45) is 3.79. The van der Waals surface area contributed by atoms with E-state index >= 15 is 0 Å². The lowest BCUT2D eigenvalue weighted by molar-refractivity contribution is -0.114. The van der Waals surface area contributed by atoms with E-state index < -0.39 is 0 Å². The van der Waals surface area contributed by atoms with E-state index in [-0.39, 0.29) is 17.5 Å². The van der Waals surface area contributed by atoms with Crippen molar-refractivity contribution in [3.05, 3.63) is 47.5 Å². The third-order valence-electron chi connectivity index (χ3n) is 4.20. The molecule has 0 bridgehead atoms. The molecule has 0 radical (unpaired) electrons. The van der Waals surface area contributed by atoms with Gasteiger partial charge in [-0.05, 0) is 17.2 Å². The first kappa shape index (κ1) is 16.1. The Labute approximate surface area is 149 Å². The Morgan fingerprint density at radius 3 is 3.04 bits per heavy atom. The fourth-order valence-electron chi connectivity index (χ4n) is 3.01. The van der Waals surface area contributed by atoms with Gasteiger partial charge >= 0.3 is 0 Å². The summed E-state index contributed by atoms with van der Waals surface area (Å²) in [5.41, 5.74) is 3.88. The van der Waals surface area contributed by atoms with Crippen LogP contribution < -0.4 is 15.4 Å². The molecule has 3 heterocycles. The van der Waals surface area contributed by atoms with Crippen molar-refractivity contribution in [3.8, 4) is 5.75 Å². The number of ether oxygens (including phenoxy) is 1. The SMILES string of the molecule is CC(=O)Nc1c[nH]c2c(C(=O)NCc3ccc4c(c3)CCO4)ncnc12. The van der Waals surface area contributed by atoms with E-state index in [1.54, 1.807) is 6.20 Å². The lowest BCUT2D eigenvalue weighted by atomic mass is 10.1. The molecule has 0 saturated carbocycles. The summed E-state index contributed by atoms with van der Waals surface area (Å²) in [5, 5.41) is 5.54. The van der Waals surface area contributed by atoms with Gasteiger partial charge in [-0.1, -0.05) is 12.1 Å². The predicted molar refractivity (Wildman–Crippen MR) is 95.0 cm³/mol. The maximum absolute atomic E-state index is 12.6. The zero-order chi connectivity index (χ0) is 18.1. The second-order valence-electron chi connectivity index (χ2n) is 6.05. The largest absolute Gasteiger partial charge is 0.493 e. The predicted octanol–water partition coefficient (Wildman–Crippen LogP) is 1.78. The molecule has 8 heteroatoms. The van der Waals surface area contributed by atoms with Gasteiger partial charge in [0.25, 0.3) is 5.91 Å². The Hall–Kier alpha value is -3.42. The summed E-state index contributed by atoms with van der Waals surface area (Å²) < 4.78 is 5.49. The maximum Gasteiger partial charge on any atom is 0.272 e. The van der Waals surface area contributed by atoms with Crippen LogP contribution in [-0.4, -0.2) is 33.4 Å². The molecule has 2 amide bonds. The molecule has 0 spiro atoms. The Balaban J connectivity index is 1.53. The molecule has 8 nitrogen and oxygen atoms in total. The van der Waals surface area contributed by atoms with Gasteiger partial charge in [-0.15, -0.1) is 0 Å². The van der Waals surface area contributed by atoms with E-state index in [2.05, 4.69) is 25.6 Å². The molecule has 1 aromatic carbocycles. The topological polar surface area (TPSA) is 109 Å². The molecular weight excluding hydrogens is 334 g/mol. The molecule has 0 saturated heterocycles. The van der Waals surface area contributed by atoms with Gasteiger partial charge in [0, 0.05) is 26.1 Å². The van der Waals surface area contributed by atoms with Crippen LogP contribution in [0.2, 0.25) is 0 Å². The lowest BCUT2D eigenvalue weighted by Crippen LogP contribution is -2.24. The number of anilines is 1. The van der Waals surface area contributed by atoms with Gasteiger partial charge in [0.1, 0.15) is 17.6 Å². The van der Waals surface area contributed by atoms with Gasteiger partial charge in [0.2, 0.25) is 5.91 Å². The van der Waals surface area contributed by atoms with Gasteiger partial charge in [-0.2, -0.15) is 0 Å². The van der Waals surface area contributed by atoms with E-state index in [0.717, 1.165) is 23.3 Å². The van der Waals surface area contributed by atoms with Crippen molar-refractivity contribution in [2.45, 2.75) is 19.9 Å². The summed E-state index contributed by atoms with van der Waals surface area (Å²) in [5.74, 6) is 0.385. The molecule has 0 unspecified atom stereocenters. The smallest absolute Gasteiger partial charge is 0.272 e. The van der Waals surface area contributed by atoms with E-state index in [0.29, 0.717) is 29.9 Å². The van der Waals surface area contributed by atoms with Gasteiger partial charge in [-0.3, -0.25) is 9.59 Å². The molecule has 3 aromatic rings. The summed E-state index contributed by atoms with van der Waals surface area (Å²) in [6.45, 7) is 2.50. The van der Waals surface area contributed by atoms with Gasteiger partial charge in [0.15, 0.2) is 5.69 Å². The minimum atomic E-state index is -0.314. The fraction of sp³-hybridized carbons (Fsp3) is 0.222. The Kier molecular flexibility index (Phi) is 4.00. The standard InChI is InChI=1S/C18H17N5O3/c1-10(24)23-13-8-19-16-15(13)21-9-22-17(16)18(25)20-7-11-2-3-14-12(6-11)4-5-26-14/h2-3,6,8-9,19H,4-5,7H2,1H3,(H,20,25)(H,23,24). The number of fused-ring (bicyclic) bond motifs is 2. The second-order valence-corrected chi connectivity index (χ2v) is 6.05. The molecule has 0 fully saturated rings. The van der Waals surface area contributed by atoms with Crippen molar-refractivity contribution in [2.24, 2.45) is 0 Å². The molecule has 0 aliphatic carbocycles. The normalized spacial score (nSPS) is 12.5. The molecule has 1 aliphatic heterocycles. The van der Waals surface area contributed by atoms with Crippen LogP contribution in [0.25, 0.3) is 11.0 Å². The van der Waals surface area contributed by atoms with Crippen molar-refractivity contribution in [3.63, 3.8) is 0 Å². The fourth-order valence-corrected chi connectivity index (χ4v) is 3.01. The van der Waals surface area contributed by atoms with E-state index in [9.17, 15) is 9.59 Å². The van der Waals surface area contributed by atoms with E-state index in [1.165, 1.54) is 13.3 Å². The average Bonchev–Trinajstić information content (AvgIpc) is 3.25. The van der Waals surface area contributed by atoms with Crippen LogP contribution in [0.1, 0.15) is 28.5 Å². The highest BCUT2D eigenvalue weighted by Crippen LogP contribution is 2.26. The molecule has 0 atom stereocenters. The number of carbonyl (C=O) groups excluding carboxylic acids is 2. The number of aromatic nitrogens is 3. The summed E-state index contributed by atoms with van der Waals surface area (Å²) in [4.78, 5) is 35.0. The first-order valence-corrected chi connectivity index (χ1v) is 8.24. The Bertz CT molecular complexity index is 1010. The van der Waals surface area contributed by atoms with Gasteiger partial charge in [0.05, 0.1) is 17.8 Å². The maximum atomic E-state index is 12.6. The Morgan fingerprint density at radius 2 is 2.19 bits per heavy atom. The van der Waals surface area contributed by atoms with Crippen LogP contribution in [0.3, 0.4) is 0 Å². The molecule has 132 valence electrons. The van der Waals surface area contributed by atoms with Crippen LogP contribution >= 0.6 is 0 Å². The van der Waals surface area contributed by atoms with Gasteiger partial charge in [-0.25, -0.2) is 9.97 Å². The number of amides is 2. The molecule has 26 heavy (non-hydrogen) atoms. The van der Waals surface area contributed by atoms with Crippen molar-refractivity contribution < 1.29 is 14.3 Å². The van der Waals surface area contributed by atoms with Crippen LogP contribution in [0.15, 0.2) is 30.7 Å². The highest BCUT2D eigenvalue weighted by molar-refractivity contribution is 6.07. The summed E-state index contributed by atoms with van der Waals surface area (Å²) in [6, 6.07) is 5.91. The minimum absolute atomic E-state index is 0.212. The second kappa shape index (κ2) is 6.47. The first-order chi connectivity index (χ1) is 12.6. The molecular formula is C18H17N5O3. The van der Waals surface area contributed by atoms with Crippen LogP contribution in [0.4, 0.5) is 5.69 Å². The number of aromatic amines is 1. The quantitative estimate of drug-likeness (QED) is 0.664. The van der Waals surface area contributed by atoms with Crippen molar-refractivity contribution in [2.75, 3.05) is 11.9 Å². The zero-order valence-corrected chi connectivity index (χ0v) is 14.1. The first-order valence-electron chi connectivity index (χ1n) is 8.24. The van der Waals surface area contributed by atoms with Crippen LogP contribution in [0.5, 0.6) is 5.75 Å². The highest BCUT2D eigenvalue weighted by Gasteiger charge is 2.17. The third-order valence-corrected chi connectivity index (χ3v) is 4.20.